The summed E-state index contributed by atoms with van der Waals surface area (Å²) in [6.45, 7) is 9.47. The molecule has 1 atom stereocenters. The molecular formula is C16H26N4O. The van der Waals surface area contributed by atoms with Gasteiger partial charge in [-0.05, 0) is 39.4 Å². The Balaban J connectivity index is 2.16. The van der Waals surface area contributed by atoms with Crippen LogP contribution in [0.15, 0.2) is 12.1 Å². The Bertz CT molecular complexity index is 503. The lowest BCUT2D eigenvalue weighted by molar-refractivity contribution is 0.0541. The number of hydrogen-bond donors (Lipinski definition) is 1. The van der Waals surface area contributed by atoms with E-state index in [0.717, 1.165) is 49.7 Å². The molecule has 1 fully saturated rings. The molecule has 1 unspecified atom stereocenters. The fourth-order valence-corrected chi connectivity index (χ4v) is 2.82. The zero-order chi connectivity index (χ0) is 15.4. The Morgan fingerprint density at radius 2 is 2.14 bits per heavy atom. The number of likely N-dealkylation sites (N-methyl/N-ethyl adjacent to an activating group) is 1. The molecule has 1 saturated heterocycles. The van der Waals surface area contributed by atoms with Crippen molar-refractivity contribution >= 4 is 11.7 Å². The number of aryl methyl sites for hydroxylation is 1. The van der Waals surface area contributed by atoms with Gasteiger partial charge in [0.05, 0.1) is 0 Å². The van der Waals surface area contributed by atoms with Crippen molar-refractivity contribution < 1.29 is 4.79 Å². The summed E-state index contributed by atoms with van der Waals surface area (Å²) in [6, 6.07) is 4.19. The summed E-state index contributed by atoms with van der Waals surface area (Å²) < 4.78 is 0. The molecule has 0 bridgehead atoms. The summed E-state index contributed by atoms with van der Waals surface area (Å²) in [4.78, 5) is 21.4. The van der Waals surface area contributed by atoms with Gasteiger partial charge in [-0.1, -0.05) is 6.92 Å². The van der Waals surface area contributed by atoms with Gasteiger partial charge in [0.15, 0.2) is 0 Å². The standard InChI is InChI=1S/C16H26N4O/c1-5-14-11-20(8-7-19(14)4)16(21)13-9-12(3)18-15(10-13)17-6-2/h9-10,14H,5-8,11H2,1-4H3,(H,17,18). The van der Waals surface area contributed by atoms with Gasteiger partial charge in [-0.25, -0.2) is 4.98 Å². The molecule has 2 rings (SSSR count). The van der Waals surface area contributed by atoms with Gasteiger partial charge >= 0.3 is 0 Å². The molecule has 2 heterocycles. The number of nitrogens with one attached hydrogen (secondary N) is 1. The van der Waals surface area contributed by atoms with Gasteiger partial charge < -0.3 is 10.2 Å². The fraction of sp³-hybridized carbons (Fsp3) is 0.625. The van der Waals surface area contributed by atoms with E-state index in [1.54, 1.807) is 0 Å². The van der Waals surface area contributed by atoms with Gasteiger partial charge in [-0.2, -0.15) is 0 Å². The fourth-order valence-electron chi connectivity index (χ4n) is 2.82. The molecule has 0 saturated carbocycles. The number of carbonyl (C=O) groups excluding carboxylic acids is 1. The van der Waals surface area contributed by atoms with E-state index in [1.165, 1.54) is 0 Å². The maximum absolute atomic E-state index is 12.7. The molecule has 0 aliphatic carbocycles. The van der Waals surface area contributed by atoms with Crippen molar-refractivity contribution in [2.24, 2.45) is 0 Å². The largest absolute Gasteiger partial charge is 0.370 e. The predicted molar refractivity (Wildman–Crippen MR) is 85.8 cm³/mol. The number of nitrogens with zero attached hydrogens (tertiary/aromatic N) is 3. The summed E-state index contributed by atoms with van der Waals surface area (Å²) in [6.07, 6.45) is 1.07. The third-order valence-corrected chi connectivity index (χ3v) is 4.09. The van der Waals surface area contributed by atoms with Crippen LogP contribution in [0.3, 0.4) is 0 Å². The van der Waals surface area contributed by atoms with Gasteiger partial charge in [-0.3, -0.25) is 9.69 Å². The number of anilines is 1. The lowest BCUT2D eigenvalue weighted by atomic mass is 10.1. The van der Waals surface area contributed by atoms with E-state index in [-0.39, 0.29) is 5.91 Å². The van der Waals surface area contributed by atoms with Crippen LogP contribution in [-0.4, -0.2) is 60.0 Å². The highest BCUT2D eigenvalue weighted by Crippen LogP contribution is 2.16. The molecule has 1 aromatic rings. The predicted octanol–water partition coefficient (Wildman–Crippen LogP) is 1.99. The van der Waals surface area contributed by atoms with Crippen LogP contribution in [0.5, 0.6) is 0 Å². The zero-order valence-electron chi connectivity index (χ0n) is 13.5. The number of rotatable bonds is 4. The Labute approximate surface area is 127 Å². The minimum atomic E-state index is 0.117. The van der Waals surface area contributed by atoms with Crippen LogP contribution in [0.1, 0.15) is 36.3 Å². The van der Waals surface area contributed by atoms with Crippen LogP contribution in [-0.2, 0) is 0 Å². The smallest absolute Gasteiger partial charge is 0.254 e. The second-order valence-electron chi connectivity index (χ2n) is 5.71. The third kappa shape index (κ3) is 3.73. The molecule has 0 aromatic carbocycles. The van der Waals surface area contributed by atoms with Crippen LogP contribution in [0.4, 0.5) is 5.82 Å². The van der Waals surface area contributed by atoms with E-state index in [4.69, 9.17) is 0 Å². The molecule has 1 aromatic heterocycles. The summed E-state index contributed by atoms with van der Waals surface area (Å²) >= 11 is 0. The van der Waals surface area contributed by atoms with Crippen LogP contribution in [0, 0.1) is 6.92 Å². The second-order valence-corrected chi connectivity index (χ2v) is 5.71. The Kier molecular flexibility index (Phi) is 5.17. The number of aromatic nitrogens is 1. The minimum absolute atomic E-state index is 0.117. The van der Waals surface area contributed by atoms with Crippen LogP contribution < -0.4 is 5.32 Å². The molecule has 1 aliphatic rings. The maximum Gasteiger partial charge on any atom is 0.254 e. The van der Waals surface area contributed by atoms with E-state index in [9.17, 15) is 4.79 Å². The van der Waals surface area contributed by atoms with Crippen LogP contribution in [0.25, 0.3) is 0 Å². The molecule has 116 valence electrons. The molecule has 21 heavy (non-hydrogen) atoms. The quantitative estimate of drug-likeness (QED) is 0.921. The SMILES string of the molecule is CCNc1cc(C(=O)N2CCN(C)C(CC)C2)cc(C)n1. The van der Waals surface area contributed by atoms with Gasteiger partial charge in [0, 0.05) is 43.5 Å². The van der Waals surface area contributed by atoms with Gasteiger partial charge in [0.1, 0.15) is 5.82 Å². The molecule has 1 N–H and O–H groups in total. The lowest BCUT2D eigenvalue weighted by Crippen LogP contribution is -2.53. The topological polar surface area (TPSA) is 48.5 Å². The van der Waals surface area contributed by atoms with Crippen molar-refractivity contribution in [2.75, 3.05) is 38.5 Å². The normalized spacial score (nSPS) is 19.6. The average molecular weight is 290 g/mol. The van der Waals surface area contributed by atoms with E-state index in [2.05, 4.69) is 29.2 Å². The van der Waals surface area contributed by atoms with E-state index in [0.29, 0.717) is 6.04 Å². The third-order valence-electron chi connectivity index (χ3n) is 4.09. The average Bonchev–Trinajstić information content (AvgIpc) is 2.47. The molecule has 1 amide bonds. The van der Waals surface area contributed by atoms with Crippen molar-refractivity contribution in [1.29, 1.82) is 0 Å². The molecule has 1 aliphatic heterocycles. The lowest BCUT2D eigenvalue weighted by Gasteiger charge is -2.39. The number of carbonyl (C=O) groups is 1. The van der Waals surface area contributed by atoms with Crippen molar-refractivity contribution in [1.82, 2.24) is 14.8 Å². The number of amides is 1. The van der Waals surface area contributed by atoms with Crippen molar-refractivity contribution in [3.05, 3.63) is 23.4 Å². The van der Waals surface area contributed by atoms with Gasteiger partial charge in [-0.15, -0.1) is 0 Å². The van der Waals surface area contributed by atoms with Crippen LogP contribution >= 0.6 is 0 Å². The van der Waals surface area contributed by atoms with E-state index >= 15 is 0 Å². The zero-order valence-corrected chi connectivity index (χ0v) is 13.5. The Morgan fingerprint density at radius 3 is 2.81 bits per heavy atom. The molecule has 5 nitrogen and oxygen atoms in total. The summed E-state index contributed by atoms with van der Waals surface area (Å²) in [5, 5.41) is 3.18. The highest BCUT2D eigenvalue weighted by molar-refractivity contribution is 5.95. The molecule has 0 radical (unpaired) electrons. The Morgan fingerprint density at radius 1 is 1.38 bits per heavy atom. The van der Waals surface area contributed by atoms with E-state index in [1.807, 2.05) is 30.9 Å². The van der Waals surface area contributed by atoms with Crippen molar-refractivity contribution in [3.63, 3.8) is 0 Å². The first-order chi connectivity index (χ1) is 10.0. The number of pyridine rings is 1. The Hall–Kier alpha value is -1.62. The first kappa shape index (κ1) is 15.8. The molecular weight excluding hydrogens is 264 g/mol. The first-order valence-corrected chi connectivity index (χ1v) is 7.77. The highest BCUT2D eigenvalue weighted by atomic mass is 16.2. The minimum Gasteiger partial charge on any atom is -0.370 e. The van der Waals surface area contributed by atoms with Gasteiger partial charge in [0.2, 0.25) is 0 Å². The summed E-state index contributed by atoms with van der Waals surface area (Å²) in [5.74, 6) is 0.897. The van der Waals surface area contributed by atoms with E-state index < -0.39 is 0 Å². The maximum atomic E-state index is 12.7. The second kappa shape index (κ2) is 6.89. The summed E-state index contributed by atoms with van der Waals surface area (Å²) in [5.41, 5.74) is 1.61. The monoisotopic (exact) mass is 290 g/mol. The van der Waals surface area contributed by atoms with Crippen molar-refractivity contribution in [2.45, 2.75) is 33.2 Å². The summed E-state index contributed by atoms with van der Waals surface area (Å²) in [7, 11) is 2.13. The number of hydrogen-bond acceptors (Lipinski definition) is 4. The molecule has 5 heteroatoms. The first-order valence-electron chi connectivity index (χ1n) is 7.77. The van der Waals surface area contributed by atoms with Gasteiger partial charge in [0.25, 0.3) is 5.91 Å². The highest BCUT2D eigenvalue weighted by Gasteiger charge is 2.27. The molecule has 0 spiro atoms. The van der Waals surface area contributed by atoms with Crippen molar-refractivity contribution in [3.8, 4) is 0 Å². The number of piperazine rings is 1. The van der Waals surface area contributed by atoms with Crippen LogP contribution in [0.2, 0.25) is 0 Å².